The van der Waals surface area contributed by atoms with Crippen LogP contribution in [-0.2, 0) is 0 Å². The number of unbranched alkanes of at least 4 members (excludes halogenated alkanes) is 1. The van der Waals surface area contributed by atoms with Crippen LogP contribution < -0.4 is 0 Å². The molecule has 0 aliphatic heterocycles. The lowest BCUT2D eigenvalue weighted by atomic mass is 10.2. The average molecular weight is 179 g/mol. The van der Waals surface area contributed by atoms with Crippen molar-refractivity contribution in [3.8, 4) is 12.3 Å². The van der Waals surface area contributed by atoms with E-state index in [1.165, 1.54) is 5.57 Å². The van der Waals surface area contributed by atoms with Gasteiger partial charge in [-0.1, -0.05) is 25.5 Å². The molecule has 0 radical (unpaired) electrons. The van der Waals surface area contributed by atoms with E-state index in [0.29, 0.717) is 0 Å². The Bertz CT molecular complexity index is 182. The molecular formula is C12H21N. The molecule has 0 aromatic carbocycles. The molecule has 0 aromatic heterocycles. The van der Waals surface area contributed by atoms with Crippen LogP contribution >= 0.6 is 0 Å². The molecular weight excluding hydrogens is 158 g/mol. The van der Waals surface area contributed by atoms with Crippen molar-refractivity contribution in [3.05, 3.63) is 11.6 Å². The molecule has 13 heavy (non-hydrogen) atoms. The van der Waals surface area contributed by atoms with Crippen molar-refractivity contribution in [2.45, 2.75) is 33.6 Å². The molecule has 0 fully saturated rings. The van der Waals surface area contributed by atoms with Gasteiger partial charge in [0.15, 0.2) is 0 Å². The Hall–Kier alpha value is -0.740. The highest BCUT2D eigenvalue weighted by Gasteiger charge is 1.98. The molecule has 0 amide bonds. The zero-order chi connectivity index (χ0) is 10.1. The first-order chi connectivity index (χ1) is 6.24. The number of nitrogens with zero attached hydrogens (tertiary/aromatic N) is 1. The van der Waals surface area contributed by atoms with Gasteiger partial charge in [0, 0.05) is 13.0 Å². The van der Waals surface area contributed by atoms with Gasteiger partial charge in [0.25, 0.3) is 0 Å². The predicted octanol–water partition coefficient (Wildman–Crippen LogP) is 2.69. The van der Waals surface area contributed by atoms with Crippen molar-refractivity contribution < 1.29 is 0 Å². The van der Waals surface area contributed by atoms with Crippen LogP contribution in [0.1, 0.15) is 33.6 Å². The first-order valence-electron chi connectivity index (χ1n) is 5.06. The molecule has 0 atom stereocenters. The second kappa shape index (κ2) is 7.89. The highest BCUT2D eigenvalue weighted by atomic mass is 15.1. The lowest BCUT2D eigenvalue weighted by Gasteiger charge is -2.18. The second-order valence-corrected chi connectivity index (χ2v) is 3.25. The van der Waals surface area contributed by atoms with Crippen molar-refractivity contribution in [1.29, 1.82) is 0 Å². The van der Waals surface area contributed by atoms with Crippen molar-refractivity contribution in [3.63, 3.8) is 0 Å². The summed E-state index contributed by atoms with van der Waals surface area (Å²) < 4.78 is 0. The lowest BCUT2D eigenvalue weighted by Crippen LogP contribution is -2.24. The van der Waals surface area contributed by atoms with E-state index in [9.17, 15) is 0 Å². The Morgan fingerprint density at radius 1 is 1.38 bits per heavy atom. The van der Waals surface area contributed by atoms with E-state index < -0.39 is 0 Å². The van der Waals surface area contributed by atoms with Gasteiger partial charge in [0.05, 0.1) is 0 Å². The molecule has 0 saturated carbocycles. The average Bonchev–Trinajstić information content (AvgIpc) is 2.14. The van der Waals surface area contributed by atoms with Gasteiger partial charge in [0.2, 0.25) is 0 Å². The number of hydrogen-bond acceptors (Lipinski definition) is 1. The molecule has 0 aliphatic carbocycles. The van der Waals surface area contributed by atoms with E-state index in [1.807, 2.05) is 0 Å². The molecule has 0 aromatic rings. The van der Waals surface area contributed by atoms with Crippen LogP contribution in [-0.4, -0.2) is 24.5 Å². The maximum atomic E-state index is 5.18. The first kappa shape index (κ1) is 12.3. The molecule has 0 heterocycles. The van der Waals surface area contributed by atoms with Gasteiger partial charge in [-0.3, -0.25) is 4.90 Å². The number of terminal acetylenes is 1. The van der Waals surface area contributed by atoms with Crippen molar-refractivity contribution >= 4 is 0 Å². The van der Waals surface area contributed by atoms with Crippen molar-refractivity contribution in [1.82, 2.24) is 4.90 Å². The van der Waals surface area contributed by atoms with Gasteiger partial charge >= 0.3 is 0 Å². The van der Waals surface area contributed by atoms with Crippen LogP contribution in [0.4, 0.5) is 0 Å². The minimum absolute atomic E-state index is 0.857. The van der Waals surface area contributed by atoms with E-state index in [2.05, 4.69) is 37.7 Å². The zero-order valence-electron chi connectivity index (χ0n) is 9.14. The minimum atomic E-state index is 0.857. The molecule has 0 spiro atoms. The number of likely N-dealkylation sites (N-methyl/N-ethyl adjacent to an activating group) is 1. The summed E-state index contributed by atoms with van der Waals surface area (Å²) >= 11 is 0. The van der Waals surface area contributed by atoms with E-state index in [4.69, 9.17) is 6.42 Å². The molecule has 74 valence electrons. The summed E-state index contributed by atoms with van der Waals surface area (Å²) in [5, 5.41) is 0. The molecule has 0 saturated heterocycles. The fraction of sp³-hybridized carbons (Fsp3) is 0.667. The summed E-state index contributed by atoms with van der Waals surface area (Å²) in [7, 11) is 0. The van der Waals surface area contributed by atoms with Crippen molar-refractivity contribution in [2.75, 3.05) is 19.6 Å². The topological polar surface area (TPSA) is 3.24 Å². The monoisotopic (exact) mass is 179 g/mol. The molecule has 0 rings (SSSR count). The fourth-order valence-corrected chi connectivity index (χ4v) is 1.27. The summed E-state index contributed by atoms with van der Waals surface area (Å²) in [6.07, 6.45) is 9.30. The summed E-state index contributed by atoms with van der Waals surface area (Å²) in [5.74, 6) is 2.65. The molecule has 0 unspecified atom stereocenters. The normalized spacial score (nSPS) is 11.8. The quantitative estimate of drug-likeness (QED) is 0.344. The number of allylic oxidation sites excluding steroid dienone is 1. The molecule has 0 aliphatic rings. The van der Waals surface area contributed by atoms with E-state index >= 15 is 0 Å². The Morgan fingerprint density at radius 3 is 2.46 bits per heavy atom. The van der Waals surface area contributed by atoms with Crippen LogP contribution in [0.15, 0.2) is 11.6 Å². The Balaban J connectivity index is 3.77. The summed E-state index contributed by atoms with van der Waals surface area (Å²) in [6, 6.07) is 0. The van der Waals surface area contributed by atoms with E-state index in [0.717, 1.165) is 32.5 Å². The maximum absolute atomic E-state index is 5.18. The Kier molecular flexibility index (Phi) is 7.44. The largest absolute Gasteiger partial charge is 0.300 e. The van der Waals surface area contributed by atoms with E-state index in [1.54, 1.807) is 0 Å². The highest BCUT2D eigenvalue weighted by molar-refractivity contribution is 5.02. The SMILES string of the molecule is C#CCC/C=C(\C)CN(CC)CC. The molecule has 0 N–H and O–H groups in total. The van der Waals surface area contributed by atoms with Crippen LogP contribution in [0.25, 0.3) is 0 Å². The predicted molar refractivity (Wildman–Crippen MR) is 59.6 cm³/mol. The highest BCUT2D eigenvalue weighted by Crippen LogP contribution is 2.01. The number of rotatable bonds is 6. The minimum Gasteiger partial charge on any atom is -0.300 e. The number of hydrogen-bond donors (Lipinski definition) is 0. The first-order valence-corrected chi connectivity index (χ1v) is 5.06. The van der Waals surface area contributed by atoms with Gasteiger partial charge in [-0.05, 0) is 26.4 Å². The lowest BCUT2D eigenvalue weighted by molar-refractivity contribution is 0.329. The van der Waals surface area contributed by atoms with Gasteiger partial charge in [-0.25, -0.2) is 0 Å². The summed E-state index contributed by atoms with van der Waals surface area (Å²) in [6.45, 7) is 9.89. The van der Waals surface area contributed by atoms with Gasteiger partial charge in [0.1, 0.15) is 0 Å². The van der Waals surface area contributed by atoms with E-state index in [-0.39, 0.29) is 0 Å². The molecule has 1 heteroatoms. The molecule has 1 nitrogen and oxygen atoms in total. The molecule has 0 bridgehead atoms. The standard InChI is InChI=1S/C12H21N/c1-5-8-9-10-12(4)11-13(6-2)7-3/h1,10H,6-9,11H2,2-4H3/b12-10+. The van der Waals surface area contributed by atoms with Gasteiger partial charge < -0.3 is 0 Å². The Labute approximate surface area is 82.8 Å². The smallest absolute Gasteiger partial charge is 0.0189 e. The maximum Gasteiger partial charge on any atom is 0.0189 e. The fourth-order valence-electron chi connectivity index (χ4n) is 1.27. The van der Waals surface area contributed by atoms with Gasteiger partial charge in [-0.2, -0.15) is 0 Å². The van der Waals surface area contributed by atoms with Crippen LogP contribution in [0.2, 0.25) is 0 Å². The summed E-state index contributed by atoms with van der Waals surface area (Å²) in [5.41, 5.74) is 1.43. The second-order valence-electron chi connectivity index (χ2n) is 3.25. The van der Waals surface area contributed by atoms with Gasteiger partial charge in [-0.15, -0.1) is 12.3 Å². The Morgan fingerprint density at radius 2 is 2.00 bits per heavy atom. The third-order valence-corrected chi connectivity index (χ3v) is 2.15. The van der Waals surface area contributed by atoms with Crippen LogP contribution in [0, 0.1) is 12.3 Å². The zero-order valence-corrected chi connectivity index (χ0v) is 9.14. The third kappa shape index (κ3) is 6.42. The van der Waals surface area contributed by atoms with Crippen LogP contribution in [0.5, 0.6) is 0 Å². The van der Waals surface area contributed by atoms with Crippen LogP contribution in [0.3, 0.4) is 0 Å². The third-order valence-electron chi connectivity index (χ3n) is 2.15. The van der Waals surface area contributed by atoms with Crippen molar-refractivity contribution in [2.24, 2.45) is 0 Å². The summed E-state index contributed by atoms with van der Waals surface area (Å²) in [4.78, 5) is 2.40.